The molecule has 114 valence electrons. The second kappa shape index (κ2) is 6.64. The third-order valence-electron chi connectivity index (χ3n) is 3.67. The van der Waals surface area contributed by atoms with Crippen molar-refractivity contribution in [2.75, 3.05) is 19.8 Å². The fourth-order valence-corrected chi connectivity index (χ4v) is 2.35. The third kappa shape index (κ3) is 3.99. The molecule has 7 nitrogen and oxygen atoms in total. The molecule has 1 aromatic rings. The smallest absolute Gasteiger partial charge is 0.269 e. The highest BCUT2D eigenvalue weighted by Crippen LogP contribution is 2.20. The van der Waals surface area contributed by atoms with Crippen molar-refractivity contribution in [2.45, 2.75) is 24.8 Å². The minimum absolute atomic E-state index is 0.00424. The average molecular weight is 294 g/mol. The Balaban J connectivity index is 1.95. The van der Waals surface area contributed by atoms with Crippen LogP contribution in [-0.4, -0.2) is 41.3 Å². The monoisotopic (exact) mass is 294 g/mol. The Bertz CT molecular complexity index is 509. The zero-order chi connectivity index (χ0) is 15.3. The second-order valence-corrected chi connectivity index (χ2v) is 5.20. The number of amides is 1. The van der Waals surface area contributed by atoms with Crippen LogP contribution in [0.15, 0.2) is 24.3 Å². The van der Waals surface area contributed by atoms with E-state index in [0.717, 1.165) is 0 Å². The van der Waals surface area contributed by atoms with E-state index in [2.05, 4.69) is 5.32 Å². The Labute approximate surface area is 122 Å². The molecule has 2 N–H and O–H groups in total. The Morgan fingerprint density at radius 1 is 1.33 bits per heavy atom. The first kappa shape index (κ1) is 15.4. The molecular weight excluding hydrogens is 276 g/mol. The van der Waals surface area contributed by atoms with Crippen LogP contribution in [0.4, 0.5) is 5.69 Å². The molecule has 0 radical (unpaired) electrons. The van der Waals surface area contributed by atoms with Crippen molar-refractivity contribution in [2.24, 2.45) is 0 Å². The quantitative estimate of drug-likeness (QED) is 0.617. The Hall–Kier alpha value is -1.99. The van der Waals surface area contributed by atoms with Gasteiger partial charge in [0.25, 0.3) is 5.69 Å². The maximum atomic E-state index is 12.1. The predicted molar refractivity (Wildman–Crippen MR) is 74.8 cm³/mol. The van der Waals surface area contributed by atoms with Crippen molar-refractivity contribution in [3.63, 3.8) is 0 Å². The minimum atomic E-state index is -0.615. The summed E-state index contributed by atoms with van der Waals surface area (Å²) in [6.07, 6.45) is 1.28. The first-order valence-corrected chi connectivity index (χ1v) is 6.78. The molecule has 1 aliphatic heterocycles. The number of hydrogen-bond acceptors (Lipinski definition) is 5. The molecule has 0 spiro atoms. The first-order valence-electron chi connectivity index (χ1n) is 6.78. The largest absolute Gasteiger partial charge is 0.394 e. The fourth-order valence-electron chi connectivity index (χ4n) is 2.35. The summed E-state index contributed by atoms with van der Waals surface area (Å²) in [5.41, 5.74) is 0.0736. The van der Waals surface area contributed by atoms with Gasteiger partial charge in [-0.3, -0.25) is 14.9 Å². The molecule has 0 bridgehead atoms. The summed E-state index contributed by atoms with van der Waals surface area (Å²) in [4.78, 5) is 22.2. The van der Waals surface area contributed by atoms with Crippen molar-refractivity contribution in [1.82, 2.24) is 5.32 Å². The standard InChI is InChI=1S/C14H18N2O5/c17-10-14(5-7-21-8-6-14)15-13(18)9-11-1-3-12(4-2-11)16(19)20/h1-4,17H,5-10H2,(H,15,18). The van der Waals surface area contributed by atoms with Crippen molar-refractivity contribution in [3.8, 4) is 0 Å². The van der Waals surface area contributed by atoms with E-state index in [1.54, 1.807) is 12.1 Å². The summed E-state index contributed by atoms with van der Waals surface area (Å²) in [6.45, 7) is 0.902. The zero-order valence-corrected chi connectivity index (χ0v) is 11.6. The lowest BCUT2D eigenvalue weighted by molar-refractivity contribution is -0.384. The molecule has 2 rings (SSSR count). The molecule has 0 unspecified atom stereocenters. The van der Waals surface area contributed by atoms with E-state index in [9.17, 15) is 20.0 Å². The molecule has 1 aliphatic rings. The van der Waals surface area contributed by atoms with Gasteiger partial charge in [-0.2, -0.15) is 0 Å². The highest BCUT2D eigenvalue weighted by Gasteiger charge is 2.33. The van der Waals surface area contributed by atoms with Gasteiger partial charge in [-0.25, -0.2) is 0 Å². The number of carbonyl (C=O) groups excluding carboxylic acids is 1. The number of benzene rings is 1. The SMILES string of the molecule is O=C(Cc1ccc([N+](=O)[O-])cc1)NC1(CO)CCOCC1. The third-order valence-corrected chi connectivity index (χ3v) is 3.67. The van der Waals surface area contributed by atoms with Gasteiger partial charge in [0, 0.05) is 25.3 Å². The number of nitrogens with zero attached hydrogens (tertiary/aromatic N) is 1. The number of ether oxygens (including phenoxy) is 1. The number of rotatable bonds is 5. The summed E-state index contributed by atoms with van der Waals surface area (Å²) in [5.74, 6) is -0.209. The molecular formula is C14H18N2O5. The highest BCUT2D eigenvalue weighted by molar-refractivity contribution is 5.79. The van der Waals surface area contributed by atoms with Gasteiger partial charge in [0.05, 0.1) is 23.5 Å². The summed E-state index contributed by atoms with van der Waals surface area (Å²) in [6, 6.07) is 5.87. The van der Waals surface area contributed by atoms with Gasteiger partial charge in [0.2, 0.25) is 5.91 Å². The summed E-state index contributed by atoms with van der Waals surface area (Å²) in [7, 11) is 0. The van der Waals surface area contributed by atoms with Crippen LogP contribution in [0.25, 0.3) is 0 Å². The van der Waals surface area contributed by atoms with E-state index in [1.165, 1.54) is 12.1 Å². The van der Waals surface area contributed by atoms with Gasteiger partial charge in [-0.1, -0.05) is 12.1 Å². The maximum Gasteiger partial charge on any atom is 0.269 e. The van der Waals surface area contributed by atoms with Gasteiger partial charge >= 0.3 is 0 Å². The molecule has 21 heavy (non-hydrogen) atoms. The van der Waals surface area contributed by atoms with Gasteiger partial charge in [0.1, 0.15) is 0 Å². The lowest BCUT2D eigenvalue weighted by Gasteiger charge is -2.36. The van der Waals surface area contributed by atoms with Crippen LogP contribution < -0.4 is 5.32 Å². The van der Waals surface area contributed by atoms with E-state index in [-0.39, 0.29) is 24.6 Å². The van der Waals surface area contributed by atoms with Crippen LogP contribution in [0, 0.1) is 10.1 Å². The second-order valence-electron chi connectivity index (χ2n) is 5.20. The molecule has 0 aliphatic carbocycles. The van der Waals surface area contributed by atoms with Crippen molar-refractivity contribution < 1.29 is 19.6 Å². The number of nitrogens with one attached hydrogen (secondary N) is 1. The number of aliphatic hydroxyl groups is 1. The predicted octanol–water partition coefficient (Wildman–Crippen LogP) is 0.795. The van der Waals surface area contributed by atoms with E-state index < -0.39 is 10.5 Å². The van der Waals surface area contributed by atoms with E-state index in [0.29, 0.717) is 31.6 Å². The number of aliphatic hydroxyl groups excluding tert-OH is 1. The number of hydrogen-bond donors (Lipinski definition) is 2. The van der Waals surface area contributed by atoms with Crippen LogP contribution in [-0.2, 0) is 16.0 Å². The van der Waals surface area contributed by atoms with Crippen LogP contribution in [0.5, 0.6) is 0 Å². The fraction of sp³-hybridized carbons (Fsp3) is 0.500. The highest BCUT2D eigenvalue weighted by atomic mass is 16.6. The van der Waals surface area contributed by atoms with Crippen LogP contribution in [0.3, 0.4) is 0 Å². The molecule has 1 heterocycles. The molecule has 0 atom stereocenters. The van der Waals surface area contributed by atoms with Gasteiger partial charge in [-0.15, -0.1) is 0 Å². The van der Waals surface area contributed by atoms with Crippen molar-refractivity contribution >= 4 is 11.6 Å². The summed E-state index contributed by atoms with van der Waals surface area (Å²) >= 11 is 0. The van der Waals surface area contributed by atoms with Crippen LogP contribution in [0.1, 0.15) is 18.4 Å². The number of non-ortho nitro benzene ring substituents is 1. The molecule has 1 saturated heterocycles. The van der Waals surface area contributed by atoms with E-state index in [1.807, 2.05) is 0 Å². The number of nitro benzene ring substituents is 1. The van der Waals surface area contributed by atoms with Gasteiger partial charge in [0.15, 0.2) is 0 Å². The van der Waals surface area contributed by atoms with Gasteiger partial charge < -0.3 is 15.2 Å². The Morgan fingerprint density at radius 2 is 1.95 bits per heavy atom. The van der Waals surface area contributed by atoms with E-state index in [4.69, 9.17) is 4.74 Å². The zero-order valence-electron chi connectivity index (χ0n) is 11.6. The van der Waals surface area contributed by atoms with E-state index >= 15 is 0 Å². The number of nitro groups is 1. The minimum Gasteiger partial charge on any atom is -0.394 e. The Kier molecular flexibility index (Phi) is 4.87. The maximum absolute atomic E-state index is 12.1. The molecule has 1 fully saturated rings. The topological polar surface area (TPSA) is 102 Å². The lowest BCUT2D eigenvalue weighted by atomic mass is 9.90. The average Bonchev–Trinajstić information content (AvgIpc) is 2.48. The molecule has 0 saturated carbocycles. The van der Waals surface area contributed by atoms with Gasteiger partial charge in [-0.05, 0) is 18.4 Å². The summed E-state index contributed by atoms with van der Waals surface area (Å²) in [5, 5.41) is 22.9. The van der Waals surface area contributed by atoms with Crippen molar-refractivity contribution in [3.05, 3.63) is 39.9 Å². The molecule has 7 heteroatoms. The lowest BCUT2D eigenvalue weighted by Crippen LogP contribution is -2.55. The normalized spacial score (nSPS) is 17.2. The molecule has 1 amide bonds. The molecule has 1 aromatic carbocycles. The first-order chi connectivity index (χ1) is 10.0. The van der Waals surface area contributed by atoms with Crippen molar-refractivity contribution in [1.29, 1.82) is 0 Å². The number of carbonyl (C=O) groups is 1. The molecule has 0 aromatic heterocycles. The Morgan fingerprint density at radius 3 is 2.48 bits per heavy atom. The van der Waals surface area contributed by atoms with Crippen LogP contribution in [0.2, 0.25) is 0 Å². The van der Waals surface area contributed by atoms with Crippen LogP contribution >= 0.6 is 0 Å². The summed E-state index contributed by atoms with van der Waals surface area (Å²) < 4.78 is 5.24.